The van der Waals surface area contributed by atoms with Gasteiger partial charge in [-0.3, -0.25) is 18.8 Å². The molecule has 44 heavy (non-hydrogen) atoms. The van der Waals surface area contributed by atoms with Crippen LogP contribution in [0.4, 0.5) is 15.9 Å². The molecule has 0 bridgehead atoms. The van der Waals surface area contributed by atoms with Gasteiger partial charge in [-0.1, -0.05) is 6.92 Å². The molecule has 1 atom stereocenters. The Kier molecular flexibility index (Phi) is 8.73. The Balaban J connectivity index is 1.43. The molecule has 0 aliphatic carbocycles. The van der Waals surface area contributed by atoms with E-state index in [9.17, 15) is 18.8 Å². The monoisotopic (exact) mass is 615 g/mol. The van der Waals surface area contributed by atoms with Gasteiger partial charge in [-0.25, -0.2) is 18.7 Å². The third-order valence-corrected chi connectivity index (χ3v) is 7.26. The van der Waals surface area contributed by atoms with Gasteiger partial charge in [0.2, 0.25) is 0 Å². The first-order valence-corrected chi connectivity index (χ1v) is 14.4. The van der Waals surface area contributed by atoms with Gasteiger partial charge < -0.3 is 15.8 Å². The van der Waals surface area contributed by atoms with Gasteiger partial charge in [-0.15, -0.1) is 9.24 Å². The number of nitrogens with two attached hydrogens (primary N) is 1. The summed E-state index contributed by atoms with van der Waals surface area (Å²) < 4.78 is 23.7. The number of aromatic nitrogens is 5. The number of nitrogens with zero attached hydrogens (tertiary/aromatic N) is 5. The van der Waals surface area contributed by atoms with E-state index in [-0.39, 0.29) is 17.3 Å². The zero-order valence-electron chi connectivity index (χ0n) is 24.3. The molecule has 0 aliphatic heterocycles. The van der Waals surface area contributed by atoms with Gasteiger partial charge in [-0.05, 0) is 68.8 Å². The molecule has 5 rings (SSSR count). The number of hydrogen-bond donors (Lipinski definition) is 2. The number of carbonyl (C=O) groups excluding carboxylic acids is 1. The largest absolute Gasteiger partial charge is 0.456 e. The maximum absolute atomic E-state index is 13.5. The molecule has 0 saturated carbocycles. The van der Waals surface area contributed by atoms with Gasteiger partial charge in [0.25, 0.3) is 11.5 Å². The number of nitrogen functional groups attached to an aromatic ring is 1. The van der Waals surface area contributed by atoms with Crippen molar-refractivity contribution in [1.29, 1.82) is 0 Å². The van der Waals surface area contributed by atoms with Crippen molar-refractivity contribution in [3.63, 3.8) is 0 Å². The van der Waals surface area contributed by atoms with E-state index < -0.39 is 23.0 Å². The number of amides is 1. The summed E-state index contributed by atoms with van der Waals surface area (Å²) in [5.41, 5.74) is 6.40. The molecule has 0 fully saturated rings. The van der Waals surface area contributed by atoms with Gasteiger partial charge >= 0.3 is 5.69 Å². The maximum Gasteiger partial charge on any atom is 0.335 e. The van der Waals surface area contributed by atoms with Crippen molar-refractivity contribution in [3.8, 4) is 28.3 Å². The summed E-state index contributed by atoms with van der Waals surface area (Å²) in [7, 11) is 2.56. The average molecular weight is 616 g/mol. The van der Waals surface area contributed by atoms with Crippen LogP contribution in [0.2, 0.25) is 0 Å². The number of anilines is 2. The molecule has 13 heteroatoms. The third kappa shape index (κ3) is 6.16. The lowest BCUT2D eigenvalue weighted by molar-refractivity contribution is 0.102. The maximum atomic E-state index is 13.5. The minimum atomic E-state index is -0.827. The molecule has 0 saturated heterocycles. The Morgan fingerprint density at radius 1 is 1.09 bits per heavy atom. The van der Waals surface area contributed by atoms with Crippen LogP contribution < -0.4 is 32.3 Å². The quantitative estimate of drug-likeness (QED) is 0.233. The number of rotatable bonds is 9. The summed E-state index contributed by atoms with van der Waals surface area (Å²) in [6.07, 6.45) is 7.32. The number of benzene rings is 2. The summed E-state index contributed by atoms with van der Waals surface area (Å²) >= 11 is 0. The van der Waals surface area contributed by atoms with E-state index in [0.29, 0.717) is 33.9 Å². The van der Waals surface area contributed by atoms with Crippen LogP contribution in [0.5, 0.6) is 11.5 Å². The van der Waals surface area contributed by atoms with E-state index in [1.807, 2.05) is 10.9 Å². The van der Waals surface area contributed by atoms with Crippen LogP contribution >= 0.6 is 9.24 Å². The number of halogens is 1. The fourth-order valence-electron chi connectivity index (χ4n) is 4.63. The van der Waals surface area contributed by atoms with Crippen molar-refractivity contribution in [1.82, 2.24) is 23.9 Å². The first kappa shape index (κ1) is 30.4. The van der Waals surface area contributed by atoms with Crippen LogP contribution in [0.15, 0.2) is 82.9 Å². The first-order chi connectivity index (χ1) is 21.1. The fourth-order valence-corrected chi connectivity index (χ4v) is 4.97. The highest BCUT2D eigenvalue weighted by molar-refractivity contribution is 7.27. The lowest BCUT2D eigenvalue weighted by Gasteiger charge is -2.16. The summed E-state index contributed by atoms with van der Waals surface area (Å²) in [4.78, 5) is 44.1. The molecule has 0 radical (unpaired) electrons. The Morgan fingerprint density at radius 2 is 1.84 bits per heavy atom. The van der Waals surface area contributed by atoms with Crippen molar-refractivity contribution < 1.29 is 13.9 Å². The lowest BCUT2D eigenvalue weighted by Crippen LogP contribution is -2.42. The van der Waals surface area contributed by atoms with Crippen molar-refractivity contribution >= 4 is 32.0 Å². The van der Waals surface area contributed by atoms with Gasteiger partial charge in [0.05, 0.1) is 17.4 Å². The lowest BCUT2D eigenvalue weighted by atomic mass is 10.1. The smallest absolute Gasteiger partial charge is 0.335 e. The predicted octanol–water partition coefficient (Wildman–Crippen LogP) is 4.51. The van der Waals surface area contributed by atoms with E-state index >= 15 is 0 Å². The molecule has 1 unspecified atom stereocenters. The average Bonchev–Trinajstić information content (AvgIpc) is 3.43. The highest BCUT2D eigenvalue weighted by atomic mass is 31.0. The van der Waals surface area contributed by atoms with Gasteiger partial charge in [-0.2, -0.15) is 5.10 Å². The predicted molar refractivity (Wildman–Crippen MR) is 171 cm³/mol. The van der Waals surface area contributed by atoms with Crippen molar-refractivity contribution in [2.45, 2.75) is 39.8 Å². The second-order valence-electron chi connectivity index (χ2n) is 10.3. The van der Waals surface area contributed by atoms with Crippen LogP contribution in [-0.2, 0) is 6.54 Å². The number of pyridine rings is 1. The van der Waals surface area contributed by atoms with E-state index in [2.05, 4.69) is 31.6 Å². The molecular weight excluding hydrogens is 584 g/mol. The number of ether oxygens (including phenoxy) is 1. The van der Waals surface area contributed by atoms with Crippen molar-refractivity contribution in [2.24, 2.45) is 0 Å². The fraction of sp³-hybridized carbons (Fsp3) is 0.194. The number of carbonyl (C=O) groups is 1. The summed E-state index contributed by atoms with van der Waals surface area (Å²) in [6.45, 7) is 6.33. The van der Waals surface area contributed by atoms with Gasteiger partial charge in [0, 0.05) is 47.7 Å². The third-order valence-electron chi connectivity index (χ3n) is 6.80. The Morgan fingerprint density at radius 3 is 2.52 bits per heavy atom. The van der Waals surface area contributed by atoms with E-state index in [1.165, 1.54) is 22.9 Å². The van der Waals surface area contributed by atoms with Gasteiger partial charge in [0.1, 0.15) is 28.7 Å². The van der Waals surface area contributed by atoms with Crippen LogP contribution in [0.25, 0.3) is 16.8 Å². The summed E-state index contributed by atoms with van der Waals surface area (Å²) in [6, 6.07) is 11.2. The molecule has 3 heterocycles. The first-order valence-electron chi connectivity index (χ1n) is 13.9. The Hall–Kier alpha value is -5.09. The Bertz CT molecular complexity index is 1970. The number of aryl methyl sites for hydroxylation is 1. The molecule has 11 nitrogen and oxygen atoms in total. The van der Waals surface area contributed by atoms with Gasteiger partial charge in [0.15, 0.2) is 0 Å². The normalized spacial score (nSPS) is 11.1. The molecule has 2 aromatic carbocycles. The number of hydrogen-bond acceptors (Lipinski definition) is 7. The topological polar surface area (TPSA) is 139 Å². The van der Waals surface area contributed by atoms with Crippen LogP contribution in [0.1, 0.15) is 43.6 Å². The second kappa shape index (κ2) is 12.6. The van der Waals surface area contributed by atoms with Crippen LogP contribution in [-0.4, -0.2) is 29.8 Å². The SMILES string of the molecule is CCCn1cc(-c2c(Oc3ccc(NC(=O)c4cn(C(C)C)c(=O)n(-c5ccc(F)cc5)c4=O)cc3P)ccnc2N)cn1. The van der Waals surface area contributed by atoms with E-state index in [1.54, 1.807) is 50.5 Å². The molecule has 0 spiro atoms. The molecular formula is C31H31FN7O4P. The van der Waals surface area contributed by atoms with E-state index in [4.69, 9.17) is 10.5 Å². The highest BCUT2D eigenvalue weighted by Gasteiger charge is 2.21. The van der Waals surface area contributed by atoms with Crippen molar-refractivity contribution in [2.75, 3.05) is 11.1 Å². The standard InChI is InChI=1S/C31H31FN7O4P/c1-4-13-37-16-19(15-35-37)27-25(11-12-34-28(27)33)43-24-10-7-21(14-26(24)44)36-29(40)23-17-38(18(2)3)31(42)39(30(23)41)22-8-5-20(32)6-9-22/h5-12,14-18H,4,13,44H2,1-3H3,(H2,33,34)(H,36,40). The minimum Gasteiger partial charge on any atom is -0.456 e. The second-order valence-corrected chi connectivity index (χ2v) is 10.9. The molecule has 3 N–H and O–H groups in total. The molecule has 1 amide bonds. The molecule has 226 valence electrons. The summed E-state index contributed by atoms with van der Waals surface area (Å²) in [5, 5.41) is 7.72. The zero-order valence-corrected chi connectivity index (χ0v) is 25.5. The van der Waals surface area contributed by atoms with Crippen LogP contribution in [0, 0.1) is 5.82 Å². The molecule has 3 aromatic heterocycles. The Labute approximate surface area is 254 Å². The molecule has 5 aromatic rings. The minimum absolute atomic E-state index is 0.146. The van der Waals surface area contributed by atoms with Crippen molar-refractivity contribution in [3.05, 3.63) is 106 Å². The number of nitrogens with one attached hydrogen (secondary N) is 1. The summed E-state index contributed by atoms with van der Waals surface area (Å²) in [5.74, 6) is 0.0137. The zero-order chi connectivity index (χ0) is 31.5. The van der Waals surface area contributed by atoms with E-state index in [0.717, 1.165) is 35.2 Å². The van der Waals surface area contributed by atoms with Crippen LogP contribution in [0.3, 0.4) is 0 Å². The molecule has 0 aliphatic rings. The highest BCUT2D eigenvalue weighted by Crippen LogP contribution is 2.36.